The van der Waals surface area contributed by atoms with Gasteiger partial charge < -0.3 is 0 Å². The van der Waals surface area contributed by atoms with Crippen molar-refractivity contribution in [1.82, 2.24) is 25.6 Å². The van der Waals surface area contributed by atoms with Gasteiger partial charge in [-0.25, -0.2) is 14.3 Å². The molecule has 0 radical (unpaired) electrons. The Kier molecular flexibility index (Phi) is 6.13. The molecule has 1 heterocycles. The monoisotopic (exact) mass is 353 g/mol. The standard InChI is InChI=1S/C14H16FN5O3S/c1-2-7-20-13(23)18-19-14(20)24-8-11(21)16-17-12(22)9-3-5-10(15)6-4-9/h3-6H,2,7-8H2,1H3,(H,16,21)(H,17,22)(H,18,23). The minimum atomic E-state index is -0.559. The van der Waals surface area contributed by atoms with E-state index in [1.54, 1.807) is 0 Å². The minimum Gasteiger partial charge on any atom is -0.272 e. The first-order valence-corrected chi connectivity index (χ1v) is 8.12. The van der Waals surface area contributed by atoms with Crippen molar-refractivity contribution in [2.24, 2.45) is 0 Å². The van der Waals surface area contributed by atoms with Crippen LogP contribution in [0.1, 0.15) is 23.7 Å². The summed E-state index contributed by atoms with van der Waals surface area (Å²) < 4.78 is 14.2. The van der Waals surface area contributed by atoms with Crippen LogP contribution in [0.4, 0.5) is 4.39 Å². The summed E-state index contributed by atoms with van der Waals surface area (Å²) in [5.41, 5.74) is 4.36. The molecule has 0 saturated carbocycles. The predicted octanol–water partition coefficient (Wildman–Crippen LogP) is 0.674. The Bertz CT molecular complexity index is 771. The van der Waals surface area contributed by atoms with Crippen LogP contribution < -0.4 is 16.5 Å². The molecule has 2 rings (SSSR count). The molecule has 0 atom stereocenters. The number of amides is 2. The van der Waals surface area contributed by atoms with Gasteiger partial charge in [-0.3, -0.25) is 25.0 Å². The number of hydrogen-bond acceptors (Lipinski definition) is 5. The van der Waals surface area contributed by atoms with Gasteiger partial charge in [0.1, 0.15) is 5.82 Å². The molecule has 1 aromatic heterocycles. The average molecular weight is 353 g/mol. The molecule has 3 N–H and O–H groups in total. The SMILES string of the molecule is CCCn1c(SCC(=O)NNC(=O)c2ccc(F)cc2)n[nH]c1=O. The molecule has 0 bridgehead atoms. The Labute approximate surface area is 140 Å². The second-order valence-corrected chi connectivity index (χ2v) is 5.70. The van der Waals surface area contributed by atoms with Crippen LogP contribution in [-0.4, -0.2) is 32.3 Å². The molecule has 0 aliphatic heterocycles. The molecule has 10 heteroatoms. The molecule has 24 heavy (non-hydrogen) atoms. The van der Waals surface area contributed by atoms with Crippen LogP contribution >= 0.6 is 11.8 Å². The smallest absolute Gasteiger partial charge is 0.272 e. The van der Waals surface area contributed by atoms with E-state index in [2.05, 4.69) is 21.0 Å². The number of hydrogen-bond donors (Lipinski definition) is 3. The molecule has 0 saturated heterocycles. The Balaban J connectivity index is 1.82. The number of carbonyl (C=O) groups is 2. The third-order valence-corrected chi connectivity index (χ3v) is 3.90. The summed E-state index contributed by atoms with van der Waals surface area (Å²) in [6.45, 7) is 2.42. The summed E-state index contributed by atoms with van der Waals surface area (Å²) in [4.78, 5) is 35.0. The van der Waals surface area contributed by atoms with E-state index in [0.717, 1.165) is 30.3 Å². The lowest BCUT2D eigenvalue weighted by molar-refractivity contribution is -0.119. The molecule has 2 aromatic rings. The van der Waals surface area contributed by atoms with Crippen molar-refractivity contribution in [2.45, 2.75) is 25.0 Å². The van der Waals surface area contributed by atoms with Gasteiger partial charge in [-0.1, -0.05) is 18.7 Å². The molecular formula is C14H16FN5O3S. The van der Waals surface area contributed by atoms with Crippen molar-refractivity contribution in [3.63, 3.8) is 0 Å². The summed E-state index contributed by atoms with van der Waals surface area (Å²) in [5, 5.41) is 6.57. The van der Waals surface area contributed by atoms with E-state index < -0.39 is 17.6 Å². The molecule has 2 amide bonds. The predicted molar refractivity (Wildman–Crippen MR) is 85.9 cm³/mol. The number of benzene rings is 1. The van der Waals surface area contributed by atoms with E-state index in [4.69, 9.17) is 0 Å². The van der Waals surface area contributed by atoms with Gasteiger partial charge in [0, 0.05) is 12.1 Å². The van der Waals surface area contributed by atoms with Crippen molar-refractivity contribution in [3.8, 4) is 0 Å². The van der Waals surface area contributed by atoms with Gasteiger partial charge in [0.15, 0.2) is 5.16 Å². The van der Waals surface area contributed by atoms with E-state index in [1.165, 1.54) is 16.7 Å². The zero-order valence-corrected chi connectivity index (χ0v) is 13.7. The lowest BCUT2D eigenvalue weighted by Crippen LogP contribution is -2.42. The van der Waals surface area contributed by atoms with Crippen LogP contribution in [0.25, 0.3) is 0 Å². The first kappa shape index (κ1) is 17.7. The fourth-order valence-corrected chi connectivity index (χ4v) is 2.57. The van der Waals surface area contributed by atoms with Crippen molar-refractivity contribution in [1.29, 1.82) is 0 Å². The van der Waals surface area contributed by atoms with E-state index in [-0.39, 0.29) is 17.0 Å². The molecule has 128 valence electrons. The largest absolute Gasteiger partial charge is 0.343 e. The number of aromatic nitrogens is 3. The maximum Gasteiger partial charge on any atom is 0.343 e. The van der Waals surface area contributed by atoms with E-state index in [0.29, 0.717) is 11.7 Å². The molecule has 0 unspecified atom stereocenters. The molecule has 0 aliphatic rings. The molecule has 0 spiro atoms. The Hall–Kier alpha value is -2.62. The number of thioether (sulfide) groups is 1. The van der Waals surface area contributed by atoms with Crippen LogP contribution in [0, 0.1) is 5.82 Å². The molecule has 0 aliphatic carbocycles. The number of H-pyrrole nitrogens is 1. The number of nitrogens with one attached hydrogen (secondary N) is 3. The zero-order chi connectivity index (χ0) is 17.5. The van der Waals surface area contributed by atoms with E-state index in [9.17, 15) is 18.8 Å². The van der Waals surface area contributed by atoms with Crippen LogP contribution in [0.3, 0.4) is 0 Å². The minimum absolute atomic E-state index is 0.0301. The number of nitrogens with zero attached hydrogens (tertiary/aromatic N) is 2. The summed E-state index contributed by atoms with van der Waals surface area (Å²) in [7, 11) is 0. The summed E-state index contributed by atoms with van der Waals surface area (Å²) in [5.74, 6) is -1.51. The number of carbonyl (C=O) groups excluding carboxylic acids is 2. The van der Waals surface area contributed by atoms with Gasteiger partial charge >= 0.3 is 5.69 Å². The first-order valence-electron chi connectivity index (χ1n) is 7.14. The Morgan fingerprint density at radius 3 is 2.67 bits per heavy atom. The zero-order valence-electron chi connectivity index (χ0n) is 12.8. The Morgan fingerprint density at radius 2 is 2.00 bits per heavy atom. The number of aromatic amines is 1. The average Bonchev–Trinajstić information content (AvgIpc) is 2.92. The maximum atomic E-state index is 12.8. The molecular weight excluding hydrogens is 337 g/mol. The van der Waals surface area contributed by atoms with E-state index >= 15 is 0 Å². The fourth-order valence-electron chi connectivity index (χ4n) is 1.80. The third-order valence-electron chi connectivity index (χ3n) is 2.92. The lowest BCUT2D eigenvalue weighted by atomic mass is 10.2. The van der Waals surface area contributed by atoms with Crippen molar-refractivity contribution in [2.75, 3.05) is 5.75 Å². The van der Waals surface area contributed by atoms with E-state index in [1.807, 2.05) is 6.92 Å². The van der Waals surface area contributed by atoms with Crippen LogP contribution in [-0.2, 0) is 11.3 Å². The van der Waals surface area contributed by atoms with Gasteiger partial charge in [0.25, 0.3) is 5.91 Å². The molecule has 0 fully saturated rings. The highest BCUT2D eigenvalue weighted by atomic mass is 32.2. The second-order valence-electron chi connectivity index (χ2n) is 4.76. The number of hydrazine groups is 1. The Morgan fingerprint density at radius 1 is 1.29 bits per heavy atom. The van der Waals surface area contributed by atoms with Crippen LogP contribution in [0.5, 0.6) is 0 Å². The second kappa shape index (κ2) is 8.29. The third kappa shape index (κ3) is 4.69. The highest BCUT2D eigenvalue weighted by Crippen LogP contribution is 2.12. The van der Waals surface area contributed by atoms with Crippen molar-refractivity contribution >= 4 is 23.6 Å². The van der Waals surface area contributed by atoms with Crippen molar-refractivity contribution < 1.29 is 14.0 Å². The normalized spacial score (nSPS) is 10.4. The van der Waals surface area contributed by atoms with Gasteiger partial charge in [0.05, 0.1) is 5.75 Å². The van der Waals surface area contributed by atoms with Gasteiger partial charge in [-0.2, -0.15) is 0 Å². The maximum absolute atomic E-state index is 12.8. The highest BCUT2D eigenvalue weighted by Gasteiger charge is 2.12. The van der Waals surface area contributed by atoms with Gasteiger partial charge in [-0.15, -0.1) is 5.10 Å². The first-order chi connectivity index (χ1) is 11.5. The fraction of sp³-hybridized carbons (Fsp3) is 0.286. The molecule has 1 aromatic carbocycles. The van der Waals surface area contributed by atoms with Crippen LogP contribution in [0.2, 0.25) is 0 Å². The number of halogens is 1. The van der Waals surface area contributed by atoms with Gasteiger partial charge in [0.2, 0.25) is 5.91 Å². The highest BCUT2D eigenvalue weighted by molar-refractivity contribution is 7.99. The molecule has 8 nitrogen and oxygen atoms in total. The van der Waals surface area contributed by atoms with Crippen LogP contribution in [0.15, 0.2) is 34.2 Å². The van der Waals surface area contributed by atoms with Gasteiger partial charge in [-0.05, 0) is 30.7 Å². The number of rotatable bonds is 6. The lowest BCUT2D eigenvalue weighted by Gasteiger charge is -2.07. The van der Waals surface area contributed by atoms with Crippen molar-refractivity contribution in [3.05, 3.63) is 46.1 Å². The summed E-state index contributed by atoms with van der Waals surface area (Å²) in [6, 6.07) is 4.91. The summed E-state index contributed by atoms with van der Waals surface area (Å²) in [6.07, 6.45) is 0.757. The summed E-state index contributed by atoms with van der Waals surface area (Å²) >= 11 is 1.07. The quantitative estimate of drug-likeness (QED) is 0.522. The topological polar surface area (TPSA) is 109 Å².